The Balaban J connectivity index is 1.67. The number of rotatable bonds is 6. The van der Waals surface area contributed by atoms with Gasteiger partial charge in [-0.1, -0.05) is 30.3 Å². The number of carbonyl (C=O) groups excluding carboxylic acids is 2. The lowest BCUT2D eigenvalue weighted by molar-refractivity contribution is 0.0954. The molecule has 3 aromatic carbocycles. The third-order valence-electron chi connectivity index (χ3n) is 4.25. The van der Waals surface area contributed by atoms with Gasteiger partial charge in [0, 0.05) is 16.8 Å². The van der Waals surface area contributed by atoms with Crippen molar-refractivity contribution in [2.45, 2.75) is 6.92 Å². The second-order valence-corrected chi connectivity index (χ2v) is 6.27. The Morgan fingerprint density at radius 1 is 0.793 bits per heavy atom. The molecule has 29 heavy (non-hydrogen) atoms. The fourth-order valence-electron chi connectivity index (χ4n) is 2.62. The first kappa shape index (κ1) is 19.8. The molecule has 0 unspecified atom stereocenters. The third-order valence-corrected chi connectivity index (χ3v) is 4.25. The van der Waals surface area contributed by atoms with Crippen LogP contribution in [0.5, 0.6) is 5.75 Å². The summed E-state index contributed by atoms with van der Waals surface area (Å²) in [6.45, 7) is 1.78. The minimum atomic E-state index is -0.319. The van der Waals surface area contributed by atoms with Gasteiger partial charge >= 0.3 is 0 Å². The fraction of sp³-hybridized carbons (Fsp3) is 0.0870. The number of hydrogen-bond acceptors (Lipinski definition) is 4. The van der Waals surface area contributed by atoms with E-state index in [9.17, 15) is 9.59 Å². The van der Waals surface area contributed by atoms with Crippen LogP contribution >= 0.6 is 0 Å². The van der Waals surface area contributed by atoms with Gasteiger partial charge in [0.25, 0.3) is 11.8 Å². The zero-order chi connectivity index (χ0) is 20.6. The summed E-state index contributed by atoms with van der Waals surface area (Å²) in [6, 6.07) is 23.0. The number of amides is 2. The van der Waals surface area contributed by atoms with E-state index in [0.29, 0.717) is 28.3 Å². The van der Waals surface area contributed by atoms with E-state index in [-0.39, 0.29) is 11.8 Å². The Labute approximate surface area is 169 Å². The van der Waals surface area contributed by atoms with Crippen LogP contribution in [-0.4, -0.2) is 24.6 Å². The molecule has 146 valence electrons. The van der Waals surface area contributed by atoms with Gasteiger partial charge in [-0.05, 0) is 61.0 Å². The molecule has 0 saturated heterocycles. The van der Waals surface area contributed by atoms with Crippen LogP contribution in [0.2, 0.25) is 0 Å². The van der Waals surface area contributed by atoms with Crippen LogP contribution in [0.25, 0.3) is 0 Å². The molecule has 2 amide bonds. The minimum Gasteiger partial charge on any atom is -0.497 e. The summed E-state index contributed by atoms with van der Waals surface area (Å²) in [5.74, 6) is 0.168. The van der Waals surface area contributed by atoms with Crippen molar-refractivity contribution in [2.24, 2.45) is 5.10 Å². The Morgan fingerprint density at radius 3 is 2.14 bits per heavy atom. The molecule has 0 fully saturated rings. The second kappa shape index (κ2) is 9.32. The smallest absolute Gasteiger partial charge is 0.271 e. The summed E-state index contributed by atoms with van der Waals surface area (Å²) < 4.78 is 5.08. The average molecular weight is 387 g/mol. The zero-order valence-corrected chi connectivity index (χ0v) is 16.2. The van der Waals surface area contributed by atoms with Gasteiger partial charge in [0.15, 0.2) is 0 Å². The normalized spacial score (nSPS) is 10.9. The van der Waals surface area contributed by atoms with E-state index in [4.69, 9.17) is 4.74 Å². The standard InChI is InChI=1S/C23H21N3O3/c1-16(25-26-23(28)18-11-13-21(29-2)14-12-18)19-9-6-10-20(15-19)24-22(27)17-7-4-3-5-8-17/h3-15H,1-2H3,(H,24,27)(H,26,28)/b25-16-. The highest BCUT2D eigenvalue weighted by atomic mass is 16.5. The van der Waals surface area contributed by atoms with Crippen molar-refractivity contribution in [2.75, 3.05) is 12.4 Å². The van der Waals surface area contributed by atoms with Crippen molar-refractivity contribution in [1.29, 1.82) is 0 Å². The first-order valence-corrected chi connectivity index (χ1v) is 9.02. The molecule has 3 rings (SSSR count). The summed E-state index contributed by atoms with van der Waals surface area (Å²) in [5.41, 5.74) is 5.64. The topological polar surface area (TPSA) is 79.8 Å². The number of nitrogens with one attached hydrogen (secondary N) is 2. The number of hydrazone groups is 1. The number of benzene rings is 3. The van der Waals surface area contributed by atoms with E-state index in [0.717, 1.165) is 5.56 Å². The van der Waals surface area contributed by atoms with Crippen molar-refractivity contribution in [3.05, 3.63) is 95.6 Å². The number of hydrogen-bond donors (Lipinski definition) is 2. The van der Waals surface area contributed by atoms with Crippen molar-refractivity contribution < 1.29 is 14.3 Å². The predicted molar refractivity (Wildman–Crippen MR) is 114 cm³/mol. The Bertz CT molecular complexity index is 1030. The monoisotopic (exact) mass is 387 g/mol. The Morgan fingerprint density at radius 2 is 1.45 bits per heavy atom. The van der Waals surface area contributed by atoms with Crippen molar-refractivity contribution >= 4 is 23.2 Å². The van der Waals surface area contributed by atoms with Gasteiger partial charge in [-0.2, -0.15) is 5.10 Å². The summed E-state index contributed by atoms with van der Waals surface area (Å²) in [7, 11) is 1.57. The molecule has 3 aromatic rings. The molecular formula is C23H21N3O3. The maximum absolute atomic E-state index is 12.3. The quantitative estimate of drug-likeness (QED) is 0.494. The second-order valence-electron chi connectivity index (χ2n) is 6.27. The molecule has 0 aliphatic carbocycles. The van der Waals surface area contributed by atoms with E-state index >= 15 is 0 Å². The highest BCUT2D eigenvalue weighted by Gasteiger charge is 2.08. The predicted octanol–water partition coefficient (Wildman–Crippen LogP) is 4.10. The van der Waals surface area contributed by atoms with Gasteiger partial charge < -0.3 is 10.1 Å². The van der Waals surface area contributed by atoms with E-state index in [2.05, 4.69) is 15.8 Å². The summed E-state index contributed by atoms with van der Waals surface area (Å²) in [6.07, 6.45) is 0. The molecule has 0 saturated carbocycles. The van der Waals surface area contributed by atoms with Gasteiger partial charge in [0.05, 0.1) is 12.8 Å². The Hall–Kier alpha value is -3.93. The number of nitrogens with zero attached hydrogens (tertiary/aromatic N) is 1. The molecule has 2 N–H and O–H groups in total. The van der Waals surface area contributed by atoms with E-state index < -0.39 is 0 Å². The van der Waals surface area contributed by atoms with Crippen molar-refractivity contribution in [3.63, 3.8) is 0 Å². The van der Waals surface area contributed by atoms with Crippen LogP contribution in [0.4, 0.5) is 5.69 Å². The molecule has 0 bridgehead atoms. The minimum absolute atomic E-state index is 0.190. The van der Waals surface area contributed by atoms with E-state index in [1.165, 1.54) is 0 Å². The molecule has 0 aliphatic heterocycles. The highest BCUT2D eigenvalue weighted by Crippen LogP contribution is 2.14. The first-order chi connectivity index (χ1) is 14.1. The molecule has 6 heteroatoms. The number of ether oxygens (including phenoxy) is 1. The van der Waals surface area contributed by atoms with Gasteiger partial charge in [-0.25, -0.2) is 5.43 Å². The van der Waals surface area contributed by atoms with Crippen LogP contribution in [0.15, 0.2) is 84.0 Å². The molecular weight excluding hydrogens is 366 g/mol. The molecule has 0 heterocycles. The van der Waals surface area contributed by atoms with Crippen LogP contribution < -0.4 is 15.5 Å². The van der Waals surface area contributed by atoms with Crippen molar-refractivity contribution in [1.82, 2.24) is 5.43 Å². The summed E-state index contributed by atoms with van der Waals surface area (Å²) >= 11 is 0. The van der Waals surface area contributed by atoms with Crippen LogP contribution in [0.3, 0.4) is 0 Å². The molecule has 0 aliphatic rings. The van der Waals surface area contributed by atoms with E-state index in [1.54, 1.807) is 62.6 Å². The molecule has 0 aromatic heterocycles. The lowest BCUT2D eigenvalue weighted by atomic mass is 10.1. The number of carbonyl (C=O) groups is 2. The fourth-order valence-corrected chi connectivity index (χ4v) is 2.62. The van der Waals surface area contributed by atoms with Gasteiger partial charge in [0.1, 0.15) is 5.75 Å². The molecule has 6 nitrogen and oxygen atoms in total. The van der Waals surface area contributed by atoms with E-state index in [1.807, 2.05) is 30.3 Å². The van der Waals surface area contributed by atoms with Crippen LogP contribution in [0.1, 0.15) is 33.2 Å². The molecule has 0 atom stereocenters. The average Bonchev–Trinajstić information content (AvgIpc) is 2.78. The molecule has 0 radical (unpaired) electrons. The lowest BCUT2D eigenvalue weighted by Gasteiger charge is -2.08. The largest absolute Gasteiger partial charge is 0.497 e. The number of methoxy groups -OCH3 is 1. The van der Waals surface area contributed by atoms with Gasteiger partial charge in [-0.3, -0.25) is 9.59 Å². The lowest BCUT2D eigenvalue weighted by Crippen LogP contribution is -2.19. The third kappa shape index (κ3) is 5.29. The maximum Gasteiger partial charge on any atom is 0.271 e. The first-order valence-electron chi connectivity index (χ1n) is 9.02. The zero-order valence-electron chi connectivity index (χ0n) is 16.2. The van der Waals surface area contributed by atoms with Gasteiger partial charge in [-0.15, -0.1) is 0 Å². The Kier molecular flexibility index (Phi) is 6.37. The number of anilines is 1. The van der Waals surface area contributed by atoms with Gasteiger partial charge in [0.2, 0.25) is 0 Å². The highest BCUT2D eigenvalue weighted by molar-refractivity contribution is 6.06. The van der Waals surface area contributed by atoms with Crippen LogP contribution in [0, 0.1) is 0 Å². The summed E-state index contributed by atoms with van der Waals surface area (Å²) in [4.78, 5) is 24.5. The molecule has 0 spiro atoms. The summed E-state index contributed by atoms with van der Waals surface area (Å²) in [5, 5.41) is 7.03. The SMILES string of the molecule is COc1ccc(C(=O)N/N=C(/C)c2cccc(NC(=O)c3ccccc3)c2)cc1. The van der Waals surface area contributed by atoms with Crippen molar-refractivity contribution in [3.8, 4) is 5.75 Å². The van der Waals surface area contributed by atoms with Crippen LogP contribution in [-0.2, 0) is 0 Å². The maximum atomic E-state index is 12.3.